The molecule has 2 N–H and O–H groups in total. The van der Waals surface area contributed by atoms with Crippen LogP contribution in [0.15, 0.2) is 48.5 Å². The number of carbonyl (C=O) groups is 1. The molecular formula is C16H12FNO3. The Hall–Kier alpha value is -2.82. The highest BCUT2D eigenvalue weighted by atomic mass is 19.1. The van der Waals surface area contributed by atoms with E-state index < -0.39 is 11.8 Å². The van der Waals surface area contributed by atoms with Crippen LogP contribution < -0.4 is 4.74 Å². The van der Waals surface area contributed by atoms with E-state index in [9.17, 15) is 9.18 Å². The van der Waals surface area contributed by atoms with Crippen LogP contribution in [-0.2, 0) is 6.61 Å². The van der Waals surface area contributed by atoms with Crippen molar-refractivity contribution < 1.29 is 19.0 Å². The molecule has 0 saturated carbocycles. The number of aromatic carboxylic acids is 1. The van der Waals surface area contributed by atoms with Crippen molar-refractivity contribution in [3.63, 3.8) is 0 Å². The smallest absolute Gasteiger partial charge is 0.352 e. The van der Waals surface area contributed by atoms with Gasteiger partial charge < -0.3 is 14.8 Å². The predicted molar refractivity (Wildman–Crippen MR) is 76.0 cm³/mol. The monoisotopic (exact) mass is 285 g/mol. The molecule has 106 valence electrons. The number of benzene rings is 2. The molecule has 21 heavy (non-hydrogen) atoms. The first-order chi connectivity index (χ1) is 10.1. The van der Waals surface area contributed by atoms with Crippen molar-refractivity contribution in [2.45, 2.75) is 6.61 Å². The number of carboxylic acids is 1. The number of H-pyrrole nitrogens is 1. The van der Waals surface area contributed by atoms with Gasteiger partial charge in [0.15, 0.2) is 11.6 Å². The maximum atomic E-state index is 13.9. The SMILES string of the molecule is O=C(O)c1cc2c(OCc3ccccc3)c(F)ccc2[nH]1. The average Bonchev–Trinajstić information content (AvgIpc) is 2.92. The van der Waals surface area contributed by atoms with Gasteiger partial charge in [0.1, 0.15) is 12.3 Å². The molecule has 0 unspecified atom stereocenters. The number of carboxylic acid groups (broad SMARTS) is 1. The van der Waals surface area contributed by atoms with E-state index in [4.69, 9.17) is 9.84 Å². The first kappa shape index (κ1) is 13.2. The molecule has 0 aliphatic heterocycles. The lowest BCUT2D eigenvalue weighted by Crippen LogP contribution is -1.97. The Morgan fingerprint density at radius 1 is 1.19 bits per heavy atom. The highest BCUT2D eigenvalue weighted by molar-refractivity contribution is 5.96. The van der Waals surface area contributed by atoms with Crippen LogP contribution in [0.2, 0.25) is 0 Å². The Labute approximate surface area is 119 Å². The van der Waals surface area contributed by atoms with Gasteiger partial charge in [-0.2, -0.15) is 0 Å². The van der Waals surface area contributed by atoms with Crippen molar-refractivity contribution in [3.05, 3.63) is 65.6 Å². The number of aromatic amines is 1. The van der Waals surface area contributed by atoms with Crippen molar-refractivity contribution >= 4 is 16.9 Å². The van der Waals surface area contributed by atoms with Crippen LogP contribution in [0.25, 0.3) is 10.9 Å². The second kappa shape index (κ2) is 5.28. The summed E-state index contributed by atoms with van der Waals surface area (Å²) >= 11 is 0. The largest absolute Gasteiger partial charge is 0.485 e. The fourth-order valence-electron chi connectivity index (χ4n) is 2.14. The van der Waals surface area contributed by atoms with Crippen LogP contribution in [0.4, 0.5) is 4.39 Å². The minimum atomic E-state index is -1.10. The highest BCUT2D eigenvalue weighted by Gasteiger charge is 2.14. The molecule has 0 aliphatic rings. The number of ether oxygens (including phenoxy) is 1. The van der Waals surface area contributed by atoms with E-state index in [0.29, 0.717) is 10.9 Å². The average molecular weight is 285 g/mol. The number of fused-ring (bicyclic) bond motifs is 1. The zero-order valence-corrected chi connectivity index (χ0v) is 11.0. The molecule has 1 heterocycles. The van der Waals surface area contributed by atoms with Gasteiger partial charge in [-0.25, -0.2) is 9.18 Å². The van der Waals surface area contributed by atoms with Gasteiger partial charge in [0.25, 0.3) is 0 Å². The molecule has 0 atom stereocenters. The Balaban J connectivity index is 1.96. The summed E-state index contributed by atoms with van der Waals surface area (Å²) in [7, 11) is 0. The molecule has 5 heteroatoms. The van der Waals surface area contributed by atoms with Gasteiger partial charge in [-0.1, -0.05) is 30.3 Å². The summed E-state index contributed by atoms with van der Waals surface area (Å²) in [5, 5.41) is 9.41. The first-order valence-corrected chi connectivity index (χ1v) is 6.36. The molecule has 3 aromatic rings. The summed E-state index contributed by atoms with van der Waals surface area (Å²) in [6, 6.07) is 13.5. The first-order valence-electron chi connectivity index (χ1n) is 6.36. The molecule has 0 amide bonds. The molecule has 4 nitrogen and oxygen atoms in total. The summed E-state index contributed by atoms with van der Waals surface area (Å²) in [6.45, 7) is 0.213. The second-order valence-electron chi connectivity index (χ2n) is 4.60. The number of hydrogen-bond acceptors (Lipinski definition) is 2. The van der Waals surface area contributed by atoms with Crippen molar-refractivity contribution in [3.8, 4) is 5.75 Å². The number of aromatic nitrogens is 1. The highest BCUT2D eigenvalue weighted by Crippen LogP contribution is 2.30. The van der Waals surface area contributed by atoms with Crippen molar-refractivity contribution in [2.75, 3.05) is 0 Å². The molecule has 3 rings (SSSR count). The lowest BCUT2D eigenvalue weighted by Gasteiger charge is -2.08. The van der Waals surface area contributed by atoms with Crippen LogP contribution in [0.5, 0.6) is 5.75 Å². The predicted octanol–water partition coefficient (Wildman–Crippen LogP) is 3.58. The molecular weight excluding hydrogens is 273 g/mol. The van der Waals surface area contributed by atoms with Crippen LogP contribution in [0.1, 0.15) is 16.1 Å². The van der Waals surface area contributed by atoms with E-state index in [2.05, 4.69) is 4.98 Å². The number of nitrogens with one attached hydrogen (secondary N) is 1. The Kier molecular flexibility index (Phi) is 3.31. The molecule has 0 spiro atoms. The lowest BCUT2D eigenvalue weighted by molar-refractivity contribution is 0.0691. The maximum Gasteiger partial charge on any atom is 0.352 e. The van der Waals surface area contributed by atoms with Crippen LogP contribution in [0.3, 0.4) is 0 Å². The normalized spacial score (nSPS) is 10.7. The van der Waals surface area contributed by atoms with Crippen molar-refractivity contribution in [1.29, 1.82) is 0 Å². The minimum Gasteiger partial charge on any atom is -0.485 e. The summed E-state index contributed by atoms with van der Waals surface area (Å²) in [5.41, 5.74) is 1.43. The maximum absolute atomic E-state index is 13.9. The summed E-state index contributed by atoms with van der Waals surface area (Å²) < 4.78 is 19.5. The van der Waals surface area contributed by atoms with E-state index >= 15 is 0 Å². The van der Waals surface area contributed by atoms with Gasteiger partial charge in [-0.15, -0.1) is 0 Å². The van der Waals surface area contributed by atoms with E-state index in [-0.39, 0.29) is 18.1 Å². The van der Waals surface area contributed by atoms with Gasteiger partial charge in [-0.3, -0.25) is 0 Å². The van der Waals surface area contributed by atoms with Crippen molar-refractivity contribution in [1.82, 2.24) is 4.98 Å². The zero-order valence-electron chi connectivity index (χ0n) is 11.0. The fraction of sp³-hybridized carbons (Fsp3) is 0.0625. The number of hydrogen-bond donors (Lipinski definition) is 2. The van der Waals surface area contributed by atoms with Crippen LogP contribution >= 0.6 is 0 Å². The minimum absolute atomic E-state index is 0.000149. The summed E-state index contributed by atoms with van der Waals surface area (Å²) in [4.78, 5) is 13.7. The fourth-order valence-corrected chi connectivity index (χ4v) is 2.14. The number of rotatable bonds is 4. The van der Waals surface area contributed by atoms with E-state index in [1.54, 1.807) is 0 Å². The standard InChI is InChI=1S/C16H12FNO3/c17-12-6-7-13-11(8-14(18-13)16(19)20)15(12)21-9-10-4-2-1-3-5-10/h1-8,18H,9H2,(H,19,20). The molecule has 0 bridgehead atoms. The third kappa shape index (κ3) is 2.58. The van der Waals surface area contributed by atoms with Gasteiger partial charge in [0.2, 0.25) is 0 Å². The van der Waals surface area contributed by atoms with E-state index in [1.165, 1.54) is 18.2 Å². The zero-order chi connectivity index (χ0) is 14.8. The third-order valence-electron chi connectivity index (χ3n) is 3.16. The Bertz CT molecular complexity index is 796. The van der Waals surface area contributed by atoms with Gasteiger partial charge in [0, 0.05) is 10.9 Å². The van der Waals surface area contributed by atoms with E-state index in [1.807, 2.05) is 30.3 Å². The molecule has 0 radical (unpaired) electrons. The summed E-state index contributed by atoms with van der Waals surface area (Å²) in [6.07, 6.45) is 0. The molecule has 1 aromatic heterocycles. The molecule has 0 fully saturated rings. The van der Waals surface area contributed by atoms with Gasteiger partial charge in [0.05, 0.1) is 0 Å². The number of halogens is 1. The molecule has 0 saturated heterocycles. The second-order valence-corrected chi connectivity index (χ2v) is 4.60. The van der Waals surface area contributed by atoms with Gasteiger partial charge in [-0.05, 0) is 23.8 Å². The quantitative estimate of drug-likeness (QED) is 0.770. The molecule has 0 aliphatic carbocycles. The van der Waals surface area contributed by atoms with E-state index in [0.717, 1.165) is 5.56 Å². The topological polar surface area (TPSA) is 62.3 Å². The molecule has 2 aromatic carbocycles. The van der Waals surface area contributed by atoms with Crippen molar-refractivity contribution in [2.24, 2.45) is 0 Å². The Morgan fingerprint density at radius 2 is 1.95 bits per heavy atom. The van der Waals surface area contributed by atoms with Crippen LogP contribution in [0, 0.1) is 5.82 Å². The lowest BCUT2D eigenvalue weighted by atomic mass is 10.2. The third-order valence-corrected chi connectivity index (χ3v) is 3.16. The van der Waals surface area contributed by atoms with Crippen LogP contribution in [-0.4, -0.2) is 16.1 Å². The van der Waals surface area contributed by atoms with Gasteiger partial charge >= 0.3 is 5.97 Å². The Morgan fingerprint density at radius 3 is 2.67 bits per heavy atom. The summed E-state index contributed by atoms with van der Waals surface area (Å²) in [5.74, 6) is -1.56.